The number of halogens is 1. The Morgan fingerprint density at radius 2 is 1.97 bits per heavy atom. The number of rotatable bonds is 10. The van der Waals surface area contributed by atoms with E-state index < -0.39 is 21.7 Å². The topological polar surface area (TPSA) is 92.8 Å². The molecule has 1 N–H and O–H groups in total. The predicted octanol–water partition coefficient (Wildman–Crippen LogP) is 3.29. The number of nitrogens with zero attached hydrogens (tertiary/aromatic N) is 1. The molecular formula is C24H27FN2O5S. The maximum absolute atomic E-state index is 14.1. The van der Waals surface area contributed by atoms with Crippen molar-refractivity contribution in [2.45, 2.75) is 37.0 Å². The fourth-order valence-corrected chi connectivity index (χ4v) is 5.43. The van der Waals surface area contributed by atoms with Gasteiger partial charge in [0.1, 0.15) is 6.54 Å². The average molecular weight is 475 g/mol. The van der Waals surface area contributed by atoms with Crippen molar-refractivity contribution in [2.24, 2.45) is 5.92 Å². The first-order valence-electron chi connectivity index (χ1n) is 11.0. The maximum atomic E-state index is 14.1. The van der Waals surface area contributed by atoms with E-state index >= 15 is 0 Å². The van der Waals surface area contributed by atoms with E-state index in [1.165, 1.54) is 11.0 Å². The Morgan fingerprint density at radius 3 is 2.67 bits per heavy atom. The predicted molar refractivity (Wildman–Crippen MR) is 120 cm³/mol. The number of imide groups is 1. The van der Waals surface area contributed by atoms with Gasteiger partial charge in [-0.15, -0.1) is 0 Å². The SMILES string of the molecule is C[C@@H](CS(=O)(=O)c1cccc(CCN2CC(=O)NC2=O)c1)c1ccc(F)c(OCC2CC2)c1. The molecule has 4 rings (SSSR count). The Bertz CT molecular complexity index is 1160. The molecule has 1 saturated heterocycles. The molecule has 0 aromatic heterocycles. The minimum absolute atomic E-state index is 0.0123. The minimum Gasteiger partial charge on any atom is -0.490 e. The van der Waals surface area contributed by atoms with Crippen molar-refractivity contribution in [1.82, 2.24) is 10.2 Å². The van der Waals surface area contributed by atoms with Crippen LogP contribution in [0, 0.1) is 11.7 Å². The summed E-state index contributed by atoms with van der Waals surface area (Å²) in [5, 5.41) is 2.22. The Hall–Kier alpha value is -2.94. The van der Waals surface area contributed by atoms with Crippen molar-refractivity contribution < 1.29 is 27.1 Å². The van der Waals surface area contributed by atoms with Crippen LogP contribution >= 0.6 is 0 Å². The van der Waals surface area contributed by atoms with Gasteiger partial charge in [0.25, 0.3) is 0 Å². The van der Waals surface area contributed by atoms with Gasteiger partial charge in [-0.1, -0.05) is 25.1 Å². The van der Waals surface area contributed by atoms with Crippen LogP contribution in [0.5, 0.6) is 5.75 Å². The molecule has 1 atom stereocenters. The van der Waals surface area contributed by atoms with E-state index in [-0.39, 0.29) is 34.8 Å². The van der Waals surface area contributed by atoms with Gasteiger partial charge in [-0.05, 0) is 66.5 Å². The fourth-order valence-electron chi connectivity index (χ4n) is 3.77. The Kier molecular flexibility index (Phi) is 6.69. The molecule has 2 fully saturated rings. The third kappa shape index (κ3) is 5.90. The van der Waals surface area contributed by atoms with Gasteiger partial charge in [-0.2, -0.15) is 0 Å². The van der Waals surface area contributed by atoms with Crippen molar-refractivity contribution >= 4 is 21.8 Å². The highest BCUT2D eigenvalue weighted by Gasteiger charge is 2.27. The summed E-state index contributed by atoms with van der Waals surface area (Å²) in [6.45, 7) is 2.60. The van der Waals surface area contributed by atoms with Crippen LogP contribution in [0.25, 0.3) is 0 Å². The summed E-state index contributed by atoms with van der Waals surface area (Å²) in [7, 11) is -3.61. The highest BCUT2D eigenvalue weighted by Crippen LogP contribution is 2.31. The zero-order chi connectivity index (χ0) is 23.6. The molecule has 0 spiro atoms. The van der Waals surface area contributed by atoms with Gasteiger partial charge in [-0.25, -0.2) is 17.6 Å². The molecule has 2 aliphatic rings. The molecule has 1 aliphatic carbocycles. The zero-order valence-corrected chi connectivity index (χ0v) is 19.2. The summed E-state index contributed by atoms with van der Waals surface area (Å²) in [6, 6.07) is 10.7. The van der Waals surface area contributed by atoms with E-state index in [4.69, 9.17) is 4.74 Å². The van der Waals surface area contributed by atoms with Crippen LogP contribution in [-0.4, -0.2) is 50.7 Å². The first-order chi connectivity index (χ1) is 15.7. The second-order valence-corrected chi connectivity index (χ2v) is 10.8. The van der Waals surface area contributed by atoms with Crippen LogP contribution in [-0.2, 0) is 21.1 Å². The van der Waals surface area contributed by atoms with E-state index in [9.17, 15) is 22.4 Å². The molecular weight excluding hydrogens is 447 g/mol. The number of amides is 3. The molecule has 7 nitrogen and oxygen atoms in total. The largest absolute Gasteiger partial charge is 0.490 e. The Morgan fingerprint density at radius 1 is 1.18 bits per heavy atom. The quantitative estimate of drug-likeness (QED) is 0.534. The molecule has 1 heterocycles. The van der Waals surface area contributed by atoms with Crippen LogP contribution < -0.4 is 10.1 Å². The third-order valence-corrected chi connectivity index (χ3v) is 7.87. The Labute approximate surface area is 192 Å². The van der Waals surface area contributed by atoms with E-state index in [2.05, 4.69) is 5.32 Å². The molecule has 0 unspecified atom stereocenters. The highest BCUT2D eigenvalue weighted by atomic mass is 32.2. The van der Waals surface area contributed by atoms with Crippen molar-refractivity contribution in [3.8, 4) is 5.75 Å². The number of hydrogen-bond acceptors (Lipinski definition) is 5. The summed E-state index contributed by atoms with van der Waals surface area (Å²) in [6.07, 6.45) is 2.62. The van der Waals surface area contributed by atoms with Gasteiger partial charge in [-0.3, -0.25) is 10.1 Å². The van der Waals surface area contributed by atoms with Crippen molar-refractivity contribution in [3.63, 3.8) is 0 Å². The smallest absolute Gasteiger partial charge is 0.324 e. The number of sulfone groups is 1. The van der Waals surface area contributed by atoms with Gasteiger partial charge in [0.2, 0.25) is 5.91 Å². The average Bonchev–Trinajstić information content (AvgIpc) is 3.54. The molecule has 33 heavy (non-hydrogen) atoms. The lowest BCUT2D eigenvalue weighted by Crippen LogP contribution is -2.30. The van der Waals surface area contributed by atoms with Gasteiger partial charge in [0, 0.05) is 6.54 Å². The van der Waals surface area contributed by atoms with Gasteiger partial charge < -0.3 is 9.64 Å². The fraction of sp³-hybridized carbons (Fsp3) is 0.417. The molecule has 1 saturated carbocycles. The molecule has 2 aromatic carbocycles. The van der Waals surface area contributed by atoms with Crippen molar-refractivity contribution in [2.75, 3.05) is 25.4 Å². The summed E-state index contributed by atoms with van der Waals surface area (Å²) in [5.41, 5.74) is 1.46. The molecule has 3 amide bonds. The van der Waals surface area contributed by atoms with Crippen LogP contribution in [0.3, 0.4) is 0 Å². The van der Waals surface area contributed by atoms with Crippen molar-refractivity contribution in [3.05, 3.63) is 59.4 Å². The number of carbonyl (C=O) groups is 2. The Balaban J connectivity index is 1.41. The van der Waals surface area contributed by atoms with Crippen LogP contribution in [0.1, 0.15) is 36.8 Å². The minimum atomic E-state index is -3.61. The van der Waals surface area contributed by atoms with Crippen LogP contribution in [0.15, 0.2) is 47.4 Å². The molecule has 0 radical (unpaired) electrons. The zero-order valence-electron chi connectivity index (χ0n) is 18.4. The van der Waals surface area contributed by atoms with Gasteiger partial charge >= 0.3 is 6.03 Å². The first kappa shape index (κ1) is 23.2. The standard InChI is InChI=1S/C24H27FN2O5S/c1-16(19-7-8-21(25)22(12-19)32-14-18-5-6-18)15-33(30,31)20-4-2-3-17(11-20)9-10-27-13-23(28)26-24(27)29/h2-4,7-8,11-12,16,18H,5-6,9-10,13-15H2,1H3,(H,26,28,29)/t16-/m0/s1. The molecule has 1 aliphatic heterocycles. The van der Waals surface area contributed by atoms with Crippen LogP contribution in [0.2, 0.25) is 0 Å². The number of carbonyl (C=O) groups excluding carboxylic acids is 2. The third-order valence-electron chi connectivity index (χ3n) is 5.96. The number of nitrogens with one attached hydrogen (secondary N) is 1. The number of urea groups is 1. The number of benzene rings is 2. The van der Waals surface area contributed by atoms with E-state index in [1.54, 1.807) is 43.3 Å². The lowest BCUT2D eigenvalue weighted by atomic mass is 10.0. The monoisotopic (exact) mass is 474 g/mol. The van der Waals surface area contributed by atoms with E-state index in [0.717, 1.165) is 18.4 Å². The first-order valence-corrected chi connectivity index (χ1v) is 12.7. The summed E-state index contributed by atoms with van der Waals surface area (Å²) in [4.78, 5) is 24.6. The molecule has 9 heteroatoms. The maximum Gasteiger partial charge on any atom is 0.324 e. The van der Waals surface area contributed by atoms with Gasteiger partial charge in [0.05, 0.1) is 17.3 Å². The highest BCUT2D eigenvalue weighted by molar-refractivity contribution is 7.91. The second-order valence-electron chi connectivity index (χ2n) is 8.80. The molecule has 2 aromatic rings. The van der Waals surface area contributed by atoms with Crippen LogP contribution in [0.4, 0.5) is 9.18 Å². The summed E-state index contributed by atoms with van der Waals surface area (Å²) < 4.78 is 45.8. The van der Waals surface area contributed by atoms with Gasteiger partial charge in [0.15, 0.2) is 21.4 Å². The molecule has 0 bridgehead atoms. The summed E-state index contributed by atoms with van der Waals surface area (Å²) >= 11 is 0. The van der Waals surface area contributed by atoms with Crippen molar-refractivity contribution in [1.29, 1.82) is 0 Å². The van der Waals surface area contributed by atoms with E-state index in [0.29, 0.717) is 31.1 Å². The lowest BCUT2D eigenvalue weighted by Gasteiger charge is -2.16. The molecule has 176 valence electrons. The second kappa shape index (κ2) is 9.51. The summed E-state index contributed by atoms with van der Waals surface area (Å²) in [5.74, 6) is -0.633. The number of hydrogen-bond donors (Lipinski definition) is 1. The normalized spacial score (nSPS) is 17.2. The lowest BCUT2D eigenvalue weighted by molar-refractivity contribution is -0.118. The van der Waals surface area contributed by atoms with E-state index in [1.807, 2.05) is 0 Å². The number of ether oxygens (including phenoxy) is 1.